The monoisotopic (exact) mass is 827 g/mol. The van der Waals surface area contributed by atoms with Crippen LogP contribution in [0.3, 0.4) is 0 Å². The molecule has 0 aromatic heterocycles. The summed E-state index contributed by atoms with van der Waals surface area (Å²) >= 11 is 0. The predicted octanol–water partition coefficient (Wildman–Crippen LogP) is 10.3. The van der Waals surface area contributed by atoms with Crippen LogP contribution in [0.15, 0.2) is 24.3 Å². The maximum Gasteiger partial charge on any atom is 0.306 e. The Balaban J connectivity index is 1.34. The van der Waals surface area contributed by atoms with Crippen molar-refractivity contribution in [3.05, 3.63) is 57.6 Å². The van der Waals surface area contributed by atoms with Gasteiger partial charge in [-0.2, -0.15) is 0 Å². The molecule has 2 N–H and O–H groups in total. The molecule has 4 rings (SSSR count). The Morgan fingerprint density at radius 2 is 1.05 bits per heavy atom. The van der Waals surface area contributed by atoms with Crippen LogP contribution in [0.2, 0.25) is 0 Å². The zero-order valence-electron chi connectivity index (χ0n) is 39.6. The number of aromatic hydroxyl groups is 2. The highest BCUT2D eigenvalue weighted by molar-refractivity contribution is 5.70. The Morgan fingerprint density at radius 3 is 1.44 bits per heavy atom. The van der Waals surface area contributed by atoms with E-state index in [1.165, 1.54) is 7.11 Å². The van der Waals surface area contributed by atoms with E-state index in [2.05, 4.69) is 109 Å². The van der Waals surface area contributed by atoms with Crippen molar-refractivity contribution in [1.29, 1.82) is 0 Å². The van der Waals surface area contributed by atoms with Gasteiger partial charge in [0.05, 0.1) is 45.6 Å². The summed E-state index contributed by atoms with van der Waals surface area (Å²) in [5, 5.41) is 22.5. The van der Waals surface area contributed by atoms with Crippen LogP contribution in [0, 0.1) is 16.2 Å². The molecule has 0 amide bonds. The lowest BCUT2D eigenvalue weighted by molar-refractivity contribution is -0.337. The van der Waals surface area contributed by atoms with Gasteiger partial charge in [-0.25, -0.2) is 9.78 Å². The SMILES string of the molecule is COOCC(CC(C)(C)C1OCC2(COC(C(C)(C)COC(=O)CCc3cc(C(C)(C)C)c(O)c(C(C)(C)C)c3)OC2)CO1)c1cc(C(C)(C)C)c(O)c(C(C)(C)C)c1. The molecule has 334 valence electrons. The number of phenols is 2. The second kappa shape index (κ2) is 17.9. The highest BCUT2D eigenvalue weighted by Crippen LogP contribution is 2.46. The number of aryl methyl sites for hydroxylation is 1. The Hall–Kier alpha value is -2.73. The molecule has 10 heteroatoms. The average Bonchev–Trinajstić information content (AvgIpc) is 3.10. The Bertz CT molecular complexity index is 1660. The summed E-state index contributed by atoms with van der Waals surface area (Å²) in [6, 6.07) is 8.25. The highest BCUT2D eigenvalue weighted by atomic mass is 17.2. The summed E-state index contributed by atoms with van der Waals surface area (Å²) in [6.07, 6.45) is 0.366. The minimum Gasteiger partial charge on any atom is -0.507 e. The zero-order valence-corrected chi connectivity index (χ0v) is 39.6. The summed E-state index contributed by atoms with van der Waals surface area (Å²) in [5.41, 5.74) is 3.14. The van der Waals surface area contributed by atoms with Crippen molar-refractivity contribution in [2.24, 2.45) is 16.2 Å². The number of hydrogen-bond donors (Lipinski definition) is 2. The lowest BCUT2D eigenvalue weighted by Gasteiger charge is -2.49. The number of hydrogen-bond acceptors (Lipinski definition) is 10. The Kier molecular flexibility index (Phi) is 14.9. The van der Waals surface area contributed by atoms with Crippen LogP contribution in [0.25, 0.3) is 0 Å². The quantitative estimate of drug-likeness (QED) is 0.115. The van der Waals surface area contributed by atoms with Gasteiger partial charge in [-0.1, -0.05) is 135 Å². The van der Waals surface area contributed by atoms with Gasteiger partial charge in [0.2, 0.25) is 0 Å². The molecule has 10 nitrogen and oxygen atoms in total. The van der Waals surface area contributed by atoms with Gasteiger partial charge < -0.3 is 33.9 Å². The van der Waals surface area contributed by atoms with E-state index < -0.39 is 28.8 Å². The molecule has 1 unspecified atom stereocenters. The van der Waals surface area contributed by atoms with E-state index in [1.807, 2.05) is 26.0 Å². The number of carbonyl (C=O) groups is 1. The second-order valence-corrected chi connectivity index (χ2v) is 22.9. The molecular formula is C49H78O10. The largest absolute Gasteiger partial charge is 0.507 e. The van der Waals surface area contributed by atoms with Gasteiger partial charge in [0.25, 0.3) is 0 Å². The van der Waals surface area contributed by atoms with Crippen molar-refractivity contribution in [1.82, 2.24) is 0 Å². The van der Waals surface area contributed by atoms with Gasteiger partial charge in [0.15, 0.2) is 12.6 Å². The van der Waals surface area contributed by atoms with E-state index >= 15 is 0 Å². The molecule has 1 spiro atoms. The average molecular weight is 827 g/mol. The maximum absolute atomic E-state index is 13.0. The van der Waals surface area contributed by atoms with E-state index in [1.54, 1.807) is 0 Å². The van der Waals surface area contributed by atoms with Gasteiger partial charge >= 0.3 is 5.97 Å². The normalized spacial score (nSPS) is 21.8. The summed E-state index contributed by atoms with van der Waals surface area (Å²) in [5.74, 6) is 0.320. The molecular weight excluding hydrogens is 749 g/mol. The molecule has 59 heavy (non-hydrogen) atoms. The molecule has 2 aromatic carbocycles. The molecule has 2 saturated heterocycles. The minimum absolute atomic E-state index is 0.0651. The maximum atomic E-state index is 13.0. The van der Waals surface area contributed by atoms with Crippen LogP contribution in [0.4, 0.5) is 0 Å². The van der Waals surface area contributed by atoms with Gasteiger partial charge in [-0.05, 0) is 67.9 Å². The third kappa shape index (κ3) is 12.2. The molecule has 1 atom stereocenters. The first-order valence-corrected chi connectivity index (χ1v) is 21.4. The molecule has 0 saturated carbocycles. The summed E-state index contributed by atoms with van der Waals surface area (Å²) in [7, 11) is 1.52. The molecule has 0 aliphatic carbocycles. The first-order valence-electron chi connectivity index (χ1n) is 21.4. The Labute approximate surface area is 355 Å². The Morgan fingerprint density at radius 1 is 0.661 bits per heavy atom. The number of carbonyl (C=O) groups excluding carboxylic acids is 1. The third-order valence-electron chi connectivity index (χ3n) is 11.8. The number of phenolic OH excluding ortho intramolecular Hbond substituents is 2. The molecule has 2 aliphatic rings. The van der Waals surface area contributed by atoms with Crippen LogP contribution in [-0.4, -0.2) is 75.5 Å². The fraction of sp³-hybridized carbons (Fsp3) is 0.735. The van der Waals surface area contributed by atoms with Crippen molar-refractivity contribution in [2.45, 2.75) is 170 Å². The first kappa shape index (κ1) is 48.9. The number of rotatable bonds is 13. The zero-order chi connectivity index (χ0) is 44.6. The van der Waals surface area contributed by atoms with Crippen molar-refractivity contribution < 1.29 is 48.5 Å². The molecule has 2 aliphatic heterocycles. The molecule has 2 heterocycles. The standard InChI is InChI=1S/C49H78O10/c1-43(2,3)34-20-31(21-35(39(34)51)44(4,5)6)18-19-38(50)54-26-48(15,16)42-57-29-49(30-58-42)27-55-41(56-28-49)47(13,14)24-33(25-59-53-17)32-22-36(45(7,8)9)40(52)37(23-32)46(10,11)12/h20-23,33,41-42,51-52H,18-19,24-30H2,1-17H3. The van der Waals surface area contributed by atoms with Crippen molar-refractivity contribution in [2.75, 3.05) is 46.8 Å². The topological polar surface area (TPSA) is 122 Å². The van der Waals surface area contributed by atoms with Gasteiger partial charge in [-0.3, -0.25) is 4.79 Å². The number of benzene rings is 2. The fourth-order valence-corrected chi connectivity index (χ4v) is 8.08. The van der Waals surface area contributed by atoms with E-state index in [9.17, 15) is 15.0 Å². The van der Waals surface area contributed by atoms with Crippen molar-refractivity contribution in [3.63, 3.8) is 0 Å². The van der Waals surface area contributed by atoms with E-state index in [0.717, 1.165) is 33.4 Å². The second-order valence-electron chi connectivity index (χ2n) is 22.9. The lowest BCUT2D eigenvalue weighted by atomic mass is 9.74. The van der Waals surface area contributed by atoms with Crippen LogP contribution in [-0.2, 0) is 66.3 Å². The minimum atomic E-state index is -0.594. The lowest BCUT2D eigenvalue weighted by Crippen LogP contribution is -2.56. The molecule has 0 bridgehead atoms. The van der Waals surface area contributed by atoms with Crippen LogP contribution < -0.4 is 0 Å². The third-order valence-corrected chi connectivity index (χ3v) is 11.8. The van der Waals surface area contributed by atoms with Crippen LogP contribution >= 0.6 is 0 Å². The van der Waals surface area contributed by atoms with Crippen molar-refractivity contribution in [3.8, 4) is 11.5 Å². The smallest absolute Gasteiger partial charge is 0.306 e. The molecule has 0 radical (unpaired) electrons. The summed E-state index contributed by atoms with van der Waals surface area (Å²) in [4.78, 5) is 23.7. The van der Waals surface area contributed by atoms with E-state index in [0.29, 0.717) is 57.4 Å². The van der Waals surface area contributed by atoms with Gasteiger partial charge in [-0.15, -0.1) is 0 Å². The summed E-state index contributed by atoms with van der Waals surface area (Å²) < 4.78 is 31.4. The van der Waals surface area contributed by atoms with Crippen molar-refractivity contribution >= 4 is 5.97 Å². The highest BCUT2D eigenvalue weighted by Gasteiger charge is 2.48. The number of esters is 1. The predicted molar refractivity (Wildman–Crippen MR) is 232 cm³/mol. The summed E-state index contributed by atoms with van der Waals surface area (Å²) in [6.45, 7) is 35.5. The van der Waals surface area contributed by atoms with Gasteiger partial charge in [0.1, 0.15) is 18.1 Å². The van der Waals surface area contributed by atoms with Crippen LogP contribution in [0.1, 0.15) is 163 Å². The van der Waals surface area contributed by atoms with E-state index in [4.69, 9.17) is 33.5 Å². The van der Waals surface area contributed by atoms with Crippen LogP contribution in [0.5, 0.6) is 11.5 Å². The molecule has 2 aromatic rings. The first-order chi connectivity index (χ1) is 26.9. The fourth-order valence-electron chi connectivity index (χ4n) is 8.08. The van der Waals surface area contributed by atoms with E-state index in [-0.39, 0.29) is 46.6 Å². The number of ether oxygens (including phenoxy) is 5. The molecule has 2 fully saturated rings. The van der Waals surface area contributed by atoms with Gasteiger partial charge in [0, 0.05) is 23.2 Å².